The molecule has 0 spiro atoms. The number of rotatable bonds is 6. The molecule has 28 heavy (non-hydrogen) atoms. The topological polar surface area (TPSA) is 71.5 Å². The van der Waals surface area contributed by atoms with Gasteiger partial charge in [0.1, 0.15) is 5.01 Å². The Morgan fingerprint density at radius 3 is 2.79 bits per heavy atom. The summed E-state index contributed by atoms with van der Waals surface area (Å²) in [6.07, 6.45) is 0. The van der Waals surface area contributed by atoms with Crippen LogP contribution in [0.5, 0.6) is 0 Å². The molecular formula is C19H21N3O3S3. The predicted molar refractivity (Wildman–Crippen MR) is 114 cm³/mol. The van der Waals surface area contributed by atoms with E-state index >= 15 is 0 Å². The van der Waals surface area contributed by atoms with Crippen molar-refractivity contribution >= 4 is 38.4 Å². The lowest BCUT2D eigenvalue weighted by molar-refractivity contribution is 0.0730. The first kappa shape index (κ1) is 19.5. The summed E-state index contributed by atoms with van der Waals surface area (Å²) in [7, 11) is -3.51. The van der Waals surface area contributed by atoms with E-state index in [2.05, 4.69) is 16.4 Å². The van der Waals surface area contributed by atoms with Crippen molar-refractivity contribution in [1.82, 2.24) is 9.29 Å². The molecule has 3 heterocycles. The van der Waals surface area contributed by atoms with E-state index in [0.29, 0.717) is 37.7 Å². The monoisotopic (exact) mass is 435 g/mol. The van der Waals surface area contributed by atoms with Crippen LogP contribution in [0.3, 0.4) is 0 Å². The van der Waals surface area contributed by atoms with Crippen LogP contribution in [0.25, 0.3) is 9.88 Å². The summed E-state index contributed by atoms with van der Waals surface area (Å²) in [5, 5.41) is 8.42. The molecule has 1 aliphatic rings. The SMILES string of the molecule is Cc1ccc(S(=O)(=O)N2CCOCC2)cc1NCc1csc(-c2cccs2)n1. The first-order valence-electron chi connectivity index (χ1n) is 8.95. The molecule has 148 valence electrons. The lowest BCUT2D eigenvalue weighted by Gasteiger charge is -2.26. The Balaban J connectivity index is 1.50. The molecule has 0 amide bonds. The maximum absolute atomic E-state index is 12.9. The number of aromatic nitrogens is 1. The Hall–Kier alpha value is -1.78. The highest BCUT2D eigenvalue weighted by Gasteiger charge is 2.26. The highest BCUT2D eigenvalue weighted by molar-refractivity contribution is 7.89. The molecule has 0 aliphatic carbocycles. The lowest BCUT2D eigenvalue weighted by Crippen LogP contribution is -2.40. The fourth-order valence-corrected chi connectivity index (χ4v) is 6.04. The van der Waals surface area contributed by atoms with Gasteiger partial charge in [0.05, 0.1) is 35.2 Å². The highest BCUT2D eigenvalue weighted by atomic mass is 32.2. The van der Waals surface area contributed by atoms with Crippen molar-refractivity contribution in [3.05, 3.63) is 52.3 Å². The number of sulfonamides is 1. The average Bonchev–Trinajstić information content (AvgIpc) is 3.39. The fourth-order valence-electron chi connectivity index (χ4n) is 2.98. The van der Waals surface area contributed by atoms with Crippen molar-refractivity contribution in [3.8, 4) is 9.88 Å². The molecular weight excluding hydrogens is 414 g/mol. The van der Waals surface area contributed by atoms with E-state index < -0.39 is 10.0 Å². The third kappa shape index (κ3) is 4.13. The molecule has 1 fully saturated rings. The molecule has 1 aliphatic heterocycles. The zero-order chi connectivity index (χ0) is 19.6. The van der Waals surface area contributed by atoms with Gasteiger partial charge in [-0.3, -0.25) is 0 Å². The van der Waals surface area contributed by atoms with Gasteiger partial charge in [-0.25, -0.2) is 13.4 Å². The van der Waals surface area contributed by atoms with Gasteiger partial charge in [-0.2, -0.15) is 4.31 Å². The van der Waals surface area contributed by atoms with Gasteiger partial charge in [0.2, 0.25) is 10.0 Å². The Kier molecular flexibility index (Phi) is 5.79. The largest absolute Gasteiger partial charge is 0.379 e. The van der Waals surface area contributed by atoms with Gasteiger partial charge in [-0.05, 0) is 36.1 Å². The Bertz CT molecular complexity index is 1040. The number of morpholine rings is 1. The summed E-state index contributed by atoms with van der Waals surface area (Å²) in [4.78, 5) is 6.13. The number of hydrogen-bond donors (Lipinski definition) is 1. The van der Waals surface area contributed by atoms with Crippen LogP contribution in [0.4, 0.5) is 5.69 Å². The molecule has 0 bridgehead atoms. The van der Waals surface area contributed by atoms with Crippen molar-refractivity contribution in [2.45, 2.75) is 18.4 Å². The summed E-state index contributed by atoms with van der Waals surface area (Å²) in [6.45, 7) is 4.17. The van der Waals surface area contributed by atoms with Crippen molar-refractivity contribution in [2.75, 3.05) is 31.6 Å². The van der Waals surface area contributed by atoms with E-state index in [4.69, 9.17) is 4.74 Å². The van der Waals surface area contributed by atoms with Gasteiger partial charge >= 0.3 is 0 Å². The fraction of sp³-hybridized carbons (Fsp3) is 0.316. The van der Waals surface area contributed by atoms with E-state index in [1.807, 2.05) is 29.8 Å². The van der Waals surface area contributed by atoms with Crippen molar-refractivity contribution in [3.63, 3.8) is 0 Å². The molecule has 0 saturated carbocycles. The second kappa shape index (κ2) is 8.30. The van der Waals surface area contributed by atoms with Gasteiger partial charge < -0.3 is 10.1 Å². The zero-order valence-corrected chi connectivity index (χ0v) is 17.9. The number of nitrogens with zero attached hydrogens (tertiary/aromatic N) is 2. The second-order valence-electron chi connectivity index (χ2n) is 6.47. The molecule has 9 heteroatoms. The van der Waals surface area contributed by atoms with Gasteiger partial charge in [-0.1, -0.05) is 12.1 Å². The van der Waals surface area contributed by atoms with Crippen LogP contribution in [0.1, 0.15) is 11.3 Å². The van der Waals surface area contributed by atoms with E-state index in [0.717, 1.165) is 26.8 Å². The Morgan fingerprint density at radius 1 is 1.21 bits per heavy atom. The minimum Gasteiger partial charge on any atom is -0.379 e. The normalized spacial score (nSPS) is 15.6. The smallest absolute Gasteiger partial charge is 0.243 e. The molecule has 1 saturated heterocycles. The summed E-state index contributed by atoms with van der Waals surface area (Å²) >= 11 is 3.29. The van der Waals surface area contributed by atoms with Crippen LogP contribution in [0.2, 0.25) is 0 Å². The summed E-state index contributed by atoms with van der Waals surface area (Å²) in [5.41, 5.74) is 2.74. The molecule has 0 atom stereocenters. The summed E-state index contributed by atoms with van der Waals surface area (Å²) < 4.78 is 32.5. The number of benzene rings is 1. The predicted octanol–water partition coefficient (Wildman–Crippen LogP) is 3.81. The van der Waals surface area contributed by atoms with E-state index in [1.54, 1.807) is 34.8 Å². The number of anilines is 1. The minimum atomic E-state index is -3.51. The van der Waals surface area contributed by atoms with Gasteiger partial charge in [0, 0.05) is 24.2 Å². The van der Waals surface area contributed by atoms with Crippen LogP contribution < -0.4 is 5.32 Å². The maximum Gasteiger partial charge on any atom is 0.243 e. The Labute approximate surface area is 172 Å². The molecule has 6 nitrogen and oxygen atoms in total. The third-order valence-electron chi connectivity index (χ3n) is 4.56. The number of ether oxygens (including phenoxy) is 1. The lowest BCUT2D eigenvalue weighted by atomic mass is 10.2. The van der Waals surface area contributed by atoms with Crippen LogP contribution >= 0.6 is 22.7 Å². The van der Waals surface area contributed by atoms with Crippen LogP contribution in [-0.4, -0.2) is 44.0 Å². The number of thiophene rings is 1. The molecule has 4 rings (SSSR count). The summed E-state index contributed by atoms with van der Waals surface area (Å²) in [5.74, 6) is 0. The van der Waals surface area contributed by atoms with E-state index in [9.17, 15) is 8.42 Å². The molecule has 0 radical (unpaired) electrons. The van der Waals surface area contributed by atoms with E-state index in [1.165, 1.54) is 4.31 Å². The van der Waals surface area contributed by atoms with Crippen LogP contribution in [-0.2, 0) is 21.3 Å². The summed E-state index contributed by atoms with van der Waals surface area (Å²) in [6, 6.07) is 9.30. The van der Waals surface area contributed by atoms with Gasteiger partial charge in [0.25, 0.3) is 0 Å². The first-order chi connectivity index (χ1) is 13.5. The van der Waals surface area contributed by atoms with Crippen molar-refractivity contribution < 1.29 is 13.2 Å². The third-order valence-corrected chi connectivity index (χ3v) is 8.39. The second-order valence-corrected chi connectivity index (χ2v) is 10.2. The van der Waals surface area contributed by atoms with Crippen LogP contribution in [0, 0.1) is 6.92 Å². The first-order valence-corrected chi connectivity index (χ1v) is 12.1. The highest BCUT2D eigenvalue weighted by Crippen LogP contribution is 2.29. The molecule has 3 aromatic rings. The Morgan fingerprint density at radius 2 is 2.04 bits per heavy atom. The molecule has 1 aromatic carbocycles. The van der Waals surface area contributed by atoms with Crippen molar-refractivity contribution in [1.29, 1.82) is 0 Å². The maximum atomic E-state index is 12.9. The molecule has 1 N–H and O–H groups in total. The van der Waals surface area contributed by atoms with Gasteiger partial charge in [-0.15, -0.1) is 22.7 Å². The minimum absolute atomic E-state index is 0.306. The number of nitrogens with one attached hydrogen (secondary N) is 1. The standard InChI is InChI=1S/C19H21N3O3S3/c1-14-4-5-16(28(23,24)22-6-8-25-9-7-22)11-17(14)20-12-15-13-27-19(21-15)18-3-2-10-26-18/h2-5,10-11,13,20H,6-9,12H2,1H3. The van der Waals surface area contributed by atoms with E-state index in [-0.39, 0.29) is 0 Å². The zero-order valence-electron chi connectivity index (χ0n) is 15.4. The number of aryl methyl sites for hydroxylation is 1. The molecule has 0 unspecified atom stereocenters. The van der Waals surface area contributed by atoms with Gasteiger partial charge in [0.15, 0.2) is 0 Å². The van der Waals surface area contributed by atoms with Crippen LogP contribution in [0.15, 0.2) is 46.0 Å². The number of thiazole rings is 1. The average molecular weight is 436 g/mol. The molecule has 2 aromatic heterocycles. The van der Waals surface area contributed by atoms with Crippen molar-refractivity contribution in [2.24, 2.45) is 0 Å². The number of hydrogen-bond acceptors (Lipinski definition) is 7. The quantitative estimate of drug-likeness (QED) is 0.637.